The summed E-state index contributed by atoms with van der Waals surface area (Å²) in [5.41, 5.74) is 1.45. The Balaban J connectivity index is 2.13. The molecule has 0 fully saturated rings. The van der Waals surface area contributed by atoms with Crippen molar-refractivity contribution in [1.82, 2.24) is 10.3 Å². The van der Waals surface area contributed by atoms with Crippen molar-refractivity contribution < 1.29 is 4.79 Å². The van der Waals surface area contributed by atoms with Crippen LogP contribution in [-0.2, 0) is 6.42 Å². The summed E-state index contributed by atoms with van der Waals surface area (Å²) in [6.07, 6.45) is 0.526. The van der Waals surface area contributed by atoms with Crippen LogP contribution >= 0.6 is 0 Å². The SMILES string of the molecule is CC(C)(C)NC(=O)c1[nH]c(=O)c(Cc2ccccc2)c2ccccc12. The lowest BCUT2D eigenvalue weighted by Crippen LogP contribution is -2.41. The molecule has 4 heteroatoms. The van der Waals surface area contributed by atoms with E-state index in [0.29, 0.717) is 17.7 Å². The van der Waals surface area contributed by atoms with Gasteiger partial charge in [0.2, 0.25) is 0 Å². The fourth-order valence-corrected chi connectivity index (χ4v) is 2.90. The first kappa shape index (κ1) is 17.0. The molecule has 0 aliphatic rings. The average Bonchev–Trinajstić information content (AvgIpc) is 2.56. The van der Waals surface area contributed by atoms with Gasteiger partial charge in [0.05, 0.1) is 0 Å². The average molecular weight is 334 g/mol. The van der Waals surface area contributed by atoms with Crippen LogP contribution in [0.1, 0.15) is 42.4 Å². The summed E-state index contributed by atoms with van der Waals surface area (Å²) in [7, 11) is 0. The van der Waals surface area contributed by atoms with Gasteiger partial charge in [-0.2, -0.15) is 0 Å². The molecule has 0 bridgehead atoms. The van der Waals surface area contributed by atoms with Gasteiger partial charge in [0.25, 0.3) is 11.5 Å². The molecule has 0 radical (unpaired) electrons. The van der Waals surface area contributed by atoms with Gasteiger partial charge in [-0.1, -0.05) is 54.6 Å². The van der Waals surface area contributed by atoms with Crippen molar-refractivity contribution in [3.05, 3.63) is 81.8 Å². The lowest BCUT2D eigenvalue weighted by atomic mass is 9.98. The van der Waals surface area contributed by atoms with Crippen molar-refractivity contribution in [3.63, 3.8) is 0 Å². The summed E-state index contributed by atoms with van der Waals surface area (Å²) in [6.45, 7) is 5.74. The highest BCUT2D eigenvalue weighted by Crippen LogP contribution is 2.21. The molecule has 0 saturated heterocycles. The van der Waals surface area contributed by atoms with E-state index < -0.39 is 0 Å². The lowest BCUT2D eigenvalue weighted by molar-refractivity contribution is 0.0916. The van der Waals surface area contributed by atoms with Gasteiger partial charge < -0.3 is 10.3 Å². The Morgan fingerprint density at radius 3 is 2.20 bits per heavy atom. The summed E-state index contributed by atoms with van der Waals surface area (Å²) >= 11 is 0. The number of nitrogens with one attached hydrogen (secondary N) is 2. The minimum Gasteiger partial charge on any atom is -0.346 e. The number of carbonyl (C=O) groups is 1. The second-order valence-electron chi connectivity index (χ2n) is 7.22. The quantitative estimate of drug-likeness (QED) is 0.768. The zero-order valence-electron chi connectivity index (χ0n) is 14.7. The van der Waals surface area contributed by atoms with Gasteiger partial charge in [0.15, 0.2) is 0 Å². The van der Waals surface area contributed by atoms with E-state index in [1.165, 1.54) is 0 Å². The first-order valence-electron chi connectivity index (χ1n) is 8.35. The summed E-state index contributed by atoms with van der Waals surface area (Å²) in [4.78, 5) is 28.1. The highest BCUT2D eigenvalue weighted by Gasteiger charge is 2.20. The van der Waals surface area contributed by atoms with E-state index >= 15 is 0 Å². The molecule has 128 valence electrons. The van der Waals surface area contributed by atoms with Gasteiger partial charge in [-0.15, -0.1) is 0 Å². The van der Waals surface area contributed by atoms with E-state index in [1.54, 1.807) is 0 Å². The number of benzene rings is 2. The van der Waals surface area contributed by atoms with E-state index in [2.05, 4.69) is 10.3 Å². The number of aromatic nitrogens is 1. The van der Waals surface area contributed by atoms with E-state index in [-0.39, 0.29) is 17.0 Å². The van der Waals surface area contributed by atoms with E-state index in [1.807, 2.05) is 75.4 Å². The van der Waals surface area contributed by atoms with Crippen LogP contribution in [-0.4, -0.2) is 16.4 Å². The first-order valence-corrected chi connectivity index (χ1v) is 8.35. The molecule has 2 N–H and O–H groups in total. The second-order valence-corrected chi connectivity index (χ2v) is 7.22. The van der Waals surface area contributed by atoms with Gasteiger partial charge >= 0.3 is 0 Å². The molecule has 2 aromatic carbocycles. The molecule has 25 heavy (non-hydrogen) atoms. The van der Waals surface area contributed by atoms with Crippen LogP contribution in [0.2, 0.25) is 0 Å². The third-order valence-electron chi connectivity index (χ3n) is 3.97. The molecule has 0 aliphatic carbocycles. The number of hydrogen-bond donors (Lipinski definition) is 2. The fraction of sp³-hybridized carbons (Fsp3) is 0.238. The smallest absolute Gasteiger partial charge is 0.268 e. The molecular formula is C21H22N2O2. The van der Waals surface area contributed by atoms with Crippen LogP contribution in [0.4, 0.5) is 0 Å². The normalized spacial score (nSPS) is 11.5. The fourth-order valence-electron chi connectivity index (χ4n) is 2.90. The molecule has 1 aromatic heterocycles. The topological polar surface area (TPSA) is 62.0 Å². The predicted molar refractivity (Wildman–Crippen MR) is 101 cm³/mol. The summed E-state index contributed by atoms with van der Waals surface area (Å²) in [6, 6.07) is 17.4. The van der Waals surface area contributed by atoms with Gasteiger partial charge in [0.1, 0.15) is 5.69 Å². The number of H-pyrrole nitrogens is 1. The molecule has 0 saturated carbocycles. The summed E-state index contributed by atoms with van der Waals surface area (Å²) in [5.74, 6) is -0.271. The van der Waals surface area contributed by atoms with Crippen molar-refractivity contribution in [3.8, 4) is 0 Å². The molecular weight excluding hydrogens is 312 g/mol. The lowest BCUT2D eigenvalue weighted by Gasteiger charge is -2.21. The van der Waals surface area contributed by atoms with Gasteiger partial charge in [-0.05, 0) is 31.7 Å². The molecule has 3 rings (SSSR count). The molecule has 4 nitrogen and oxygen atoms in total. The Labute approximate surface area is 146 Å². The van der Waals surface area contributed by atoms with Crippen molar-refractivity contribution in [2.24, 2.45) is 0 Å². The van der Waals surface area contributed by atoms with E-state index in [9.17, 15) is 9.59 Å². The Morgan fingerprint density at radius 1 is 0.960 bits per heavy atom. The largest absolute Gasteiger partial charge is 0.346 e. The standard InChI is InChI=1S/C21H22N2O2/c1-21(2,3)23-20(25)18-16-12-8-7-11-15(16)17(19(24)22-18)13-14-9-5-4-6-10-14/h4-12H,13H2,1-3H3,(H,22,24)(H,23,25). The number of fused-ring (bicyclic) bond motifs is 1. The molecule has 1 amide bonds. The van der Waals surface area contributed by atoms with E-state index in [0.717, 1.165) is 16.3 Å². The third kappa shape index (κ3) is 3.79. The maximum absolute atomic E-state index is 12.7. The molecule has 0 aliphatic heterocycles. The Kier molecular flexibility index (Phi) is 4.45. The van der Waals surface area contributed by atoms with Gasteiger partial charge in [0, 0.05) is 22.9 Å². The van der Waals surface area contributed by atoms with Crippen molar-refractivity contribution in [1.29, 1.82) is 0 Å². The minimum atomic E-state index is -0.377. The number of aromatic amines is 1. The highest BCUT2D eigenvalue weighted by atomic mass is 16.2. The van der Waals surface area contributed by atoms with Gasteiger partial charge in [-0.25, -0.2) is 0 Å². The molecule has 3 aromatic rings. The maximum atomic E-state index is 12.7. The van der Waals surface area contributed by atoms with Crippen LogP contribution < -0.4 is 10.9 Å². The predicted octanol–water partition coefficient (Wildman–Crippen LogP) is 3.65. The summed E-state index contributed by atoms with van der Waals surface area (Å²) < 4.78 is 0. The Bertz CT molecular complexity index is 967. The number of carbonyl (C=O) groups excluding carboxylic acids is 1. The molecule has 0 unspecified atom stereocenters. The molecule has 0 spiro atoms. The summed E-state index contributed by atoms with van der Waals surface area (Å²) in [5, 5.41) is 4.49. The number of hydrogen-bond acceptors (Lipinski definition) is 2. The van der Waals surface area contributed by atoms with Crippen LogP contribution in [0.3, 0.4) is 0 Å². The van der Waals surface area contributed by atoms with Crippen LogP contribution in [0, 0.1) is 0 Å². The van der Waals surface area contributed by atoms with Crippen molar-refractivity contribution in [2.75, 3.05) is 0 Å². The Morgan fingerprint density at radius 2 is 1.56 bits per heavy atom. The monoisotopic (exact) mass is 334 g/mol. The Hall–Kier alpha value is -2.88. The molecule has 0 atom stereocenters. The molecule has 1 heterocycles. The van der Waals surface area contributed by atoms with E-state index in [4.69, 9.17) is 0 Å². The van der Waals surface area contributed by atoms with Crippen LogP contribution in [0.15, 0.2) is 59.4 Å². The maximum Gasteiger partial charge on any atom is 0.268 e. The highest BCUT2D eigenvalue weighted by molar-refractivity contribution is 6.06. The number of amides is 1. The van der Waals surface area contributed by atoms with Gasteiger partial charge in [-0.3, -0.25) is 9.59 Å². The zero-order chi connectivity index (χ0) is 18.0. The first-order chi connectivity index (χ1) is 11.8. The van der Waals surface area contributed by atoms with Crippen molar-refractivity contribution >= 4 is 16.7 Å². The number of pyridine rings is 1. The zero-order valence-corrected chi connectivity index (χ0v) is 14.7. The second kappa shape index (κ2) is 6.55. The minimum absolute atomic E-state index is 0.221. The van der Waals surface area contributed by atoms with Crippen LogP contribution in [0.25, 0.3) is 10.8 Å². The van der Waals surface area contributed by atoms with Crippen LogP contribution in [0.5, 0.6) is 0 Å². The van der Waals surface area contributed by atoms with Crippen molar-refractivity contribution in [2.45, 2.75) is 32.7 Å². The number of rotatable bonds is 3. The third-order valence-corrected chi connectivity index (χ3v) is 3.97.